The van der Waals surface area contributed by atoms with Crippen LogP contribution < -0.4 is 10.6 Å². The predicted octanol–water partition coefficient (Wildman–Crippen LogP) is 2.29. The fourth-order valence-corrected chi connectivity index (χ4v) is 2.75. The number of hydrogen-bond acceptors (Lipinski definition) is 8. The average molecular weight is 364 g/mol. The summed E-state index contributed by atoms with van der Waals surface area (Å²) < 4.78 is 7.14. The zero-order valence-electron chi connectivity index (χ0n) is 15.8. The molecule has 3 aromatic heterocycles. The SMILES string of the molecule is Cc1cc(-n2c(C)cc(C=C(C#N)c3nc(N)nc(N(C)C)n3)c2C)no1. The number of anilines is 2. The Hall–Kier alpha value is -3.67. The summed E-state index contributed by atoms with van der Waals surface area (Å²) in [6, 6.07) is 5.97. The molecule has 9 nitrogen and oxygen atoms in total. The Morgan fingerprint density at radius 3 is 2.56 bits per heavy atom. The standard InChI is InChI=1S/C18H20N8O/c1-10-6-13(12(3)26(10)15-7-11(2)27-24-15)8-14(9-19)16-21-17(20)23-18(22-16)25(4)5/h6-8H,1-5H3,(H2,20,21,22,23). The van der Waals surface area contributed by atoms with E-state index < -0.39 is 0 Å². The first-order chi connectivity index (χ1) is 12.8. The van der Waals surface area contributed by atoms with Crippen LogP contribution in [-0.2, 0) is 0 Å². The van der Waals surface area contributed by atoms with Crippen LogP contribution in [0.15, 0.2) is 16.7 Å². The molecule has 0 atom stereocenters. The Kier molecular flexibility index (Phi) is 4.64. The van der Waals surface area contributed by atoms with E-state index in [0.717, 1.165) is 22.7 Å². The van der Waals surface area contributed by atoms with E-state index in [0.29, 0.717) is 17.3 Å². The van der Waals surface area contributed by atoms with E-state index >= 15 is 0 Å². The normalized spacial score (nSPS) is 11.5. The maximum Gasteiger partial charge on any atom is 0.230 e. The second kappa shape index (κ2) is 6.92. The molecule has 0 aromatic carbocycles. The molecular formula is C18H20N8O. The van der Waals surface area contributed by atoms with Crippen LogP contribution in [0.2, 0.25) is 0 Å². The van der Waals surface area contributed by atoms with Crippen LogP contribution in [0, 0.1) is 32.1 Å². The summed E-state index contributed by atoms with van der Waals surface area (Å²) in [6.45, 7) is 5.75. The molecule has 9 heteroatoms. The lowest BCUT2D eigenvalue weighted by Crippen LogP contribution is -2.15. The van der Waals surface area contributed by atoms with Gasteiger partial charge in [-0.25, -0.2) is 0 Å². The molecule has 0 saturated carbocycles. The highest BCUT2D eigenvalue weighted by atomic mass is 16.5. The second-order valence-corrected chi connectivity index (χ2v) is 6.34. The van der Waals surface area contributed by atoms with Gasteiger partial charge in [0.15, 0.2) is 11.6 Å². The maximum atomic E-state index is 9.64. The highest BCUT2D eigenvalue weighted by Gasteiger charge is 2.15. The minimum Gasteiger partial charge on any atom is -0.368 e. The van der Waals surface area contributed by atoms with E-state index in [2.05, 4.69) is 26.2 Å². The second-order valence-electron chi connectivity index (χ2n) is 6.34. The van der Waals surface area contributed by atoms with Crippen LogP contribution >= 0.6 is 0 Å². The maximum absolute atomic E-state index is 9.64. The zero-order chi connectivity index (χ0) is 19.7. The third-order valence-electron chi connectivity index (χ3n) is 4.02. The van der Waals surface area contributed by atoms with Gasteiger partial charge in [-0.15, -0.1) is 0 Å². The molecule has 2 N–H and O–H groups in total. The topological polar surface area (TPSA) is 123 Å². The van der Waals surface area contributed by atoms with E-state index in [1.54, 1.807) is 25.1 Å². The first-order valence-corrected chi connectivity index (χ1v) is 8.24. The third-order valence-corrected chi connectivity index (χ3v) is 4.02. The zero-order valence-corrected chi connectivity index (χ0v) is 15.8. The Morgan fingerprint density at radius 2 is 1.96 bits per heavy atom. The van der Waals surface area contributed by atoms with Gasteiger partial charge in [-0.1, -0.05) is 5.16 Å². The van der Waals surface area contributed by atoms with Crippen molar-refractivity contribution >= 4 is 23.5 Å². The smallest absolute Gasteiger partial charge is 0.230 e. The van der Waals surface area contributed by atoms with Gasteiger partial charge >= 0.3 is 0 Å². The Labute approximate surface area is 156 Å². The van der Waals surface area contributed by atoms with Crippen molar-refractivity contribution in [2.75, 3.05) is 24.7 Å². The molecule has 0 saturated heterocycles. The lowest BCUT2D eigenvalue weighted by molar-refractivity contribution is 0.394. The quantitative estimate of drug-likeness (QED) is 0.700. The number of aromatic nitrogens is 5. The van der Waals surface area contributed by atoms with Crippen molar-refractivity contribution in [2.45, 2.75) is 20.8 Å². The molecule has 0 aliphatic heterocycles. The van der Waals surface area contributed by atoms with E-state index in [1.165, 1.54) is 0 Å². The van der Waals surface area contributed by atoms with Gasteiger partial charge in [0.2, 0.25) is 11.9 Å². The number of hydrogen-bond donors (Lipinski definition) is 1. The number of nitrogens with zero attached hydrogens (tertiary/aromatic N) is 7. The molecule has 27 heavy (non-hydrogen) atoms. The molecule has 0 amide bonds. The van der Waals surface area contributed by atoms with E-state index in [4.69, 9.17) is 10.3 Å². The van der Waals surface area contributed by atoms with Gasteiger partial charge in [-0.05, 0) is 38.5 Å². The van der Waals surface area contributed by atoms with Crippen LogP contribution in [0.1, 0.15) is 28.5 Å². The van der Waals surface area contributed by atoms with Gasteiger partial charge < -0.3 is 15.2 Å². The highest BCUT2D eigenvalue weighted by Crippen LogP contribution is 2.24. The molecule has 3 aromatic rings. The predicted molar refractivity (Wildman–Crippen MR) is 102 cm³/mol. The van der Waals surface area contributed by atoms with Gasteiger partial charge in [0, 0.05) is 31.5 Å². The number of nitrogens with two attached hydrogens (primary N) is 1. The van der Waals surface area contributed by atoms with Crippen molar-refractivity contribution in [1.82, 2.24) is 24.7 Å². The summed E-state index contributed by atoms with van der Waals surface area (Å²) in [4.78, 5) is 14.2. The molecule has 3 heterocycles. The lowest BCUT2D eigenvalue weighted by Gasteiger charge is -2.11. The summed E-state index contributed by atoms with van der Waals surface area (Å²) in [5, 5.41) is 13.7. The van der Waals surface area contributed by atoms with Crippen LogP contribution in [0.3, 0.4) is 0 Å². The molecule has 0 spiro atoms. The first-order valence-electron chi connectivity index (χ1n) is 8.24. The van der Waals surface area contributed by atoms with Crippen molar-refractivity contribution in [3.8, 4) is 11.9 Å². The first kappa shape index (κ1) is 18.1. The van der Waals surface area contributed by atoms with Gasteiger partial charge in [0.25, 0.3) is 0 Å². The summed E-state index contributed by atoms with van der Waals surface area (Å²) in [5.41, 5.74) is 8.81. The number of rotatable bonds is 4. The average Bonchev–Trinajstić information content (AvgIpc) is 3.14. The van der Waals surface area contributed by atoms with E-state index in [1.807, 2.05) is 37.5 Å². The van der Waals surface area contributed by atoms with Gasteiger partial charge in [-0.3, -0.25) is 4.57 Å². The van der Waals surface area contributed by atoms with Crippen LogP contribution in [0.5, 0.6) is 0 Å². The molecule has 0 radical (unpaired) electrons. The fourth-order valence-electron chi connectivity index (χ4n) is 2.75. The van der Waals surface area contributed by atoms with Gasteiger partial charge in [-0.2, -0.15) is 20.2 Å². The molecule has 0 aliphatic carbocycles. The molecule has 138 valence electrons. The number of nitriles is 1. The number of nitrogen functional groups attached to an aromatic ring is 1. The van der Waals surface area contributed by atoms with Crippen LogP contribution in [0.25, 0.3) is 17.5 Å². The summed E-state index contributed by atoms with van der Waals surface area (Å²) in [7, 11) is 3.59. The van der Waals surface area contributed by atoms with Gasteiger partial charge in [0.05, 0.1) is 5.57 Å². The largest absolute Gasteiger partial charge is 0.368 e. The molecule has 0 aliphatic rings. The van der Waals surface area contributed by atoms with Gasteiger partial charge in [0.1, 0.15) is 11.8 Å². The van der Waals surface area contributed by atoms with E-state index in [-0.39, 0.29) is 11.8 Å². The third kappa shape index (κ3) is 3.50. The summed E-state index contributed by atoms with van der Waals surface area (Å²) in [5.74, 6) is 2.11. The molecule has 3 rings (SSSR count). The molecule has 0 unspecified atom stereocenters. The Balaban J connectivity index is 2.09. The highest BCUT2D eigenvalue weighted by molar-refractivity contribution is 5.88. The number of allylic oxidation sites excluding steroid dienone is 1. The molecule has 0 bridgehead atoms. The summed E-state index contributed by atoms with van der Waals surface area (Å²) in [6.07, 6.45) is 1.74. The minimum atomic E-state index is 0.0633. The van der Waals surface area contributed by atoms with Crippen molar-refractivity contribution in [2.24, 2.45) is 0 Å². The van der Waals surface area contributed by atoms with Crippen molar-refractivity contribution in [3.05, 3.63) is 40.7 Å². The Bertz CT molecular complexity index is 1070. The minimum absolute atomic E-state index is 0.0633. The van der Waals surface area contributed by atoms with Crippen molar-refractivity contribution < 1.29 is 4.52 Å². The van der Waals surface area contributed by atoms with Crippen molar-refractivity contribution in [3.63, 3.8) is 0 Å². The van der Waals surface area contributed by atoms with Crippen molar-refractivity contribution in [1.29, 1.82) is 5.26 Å². The summed E-state index contributed by atoms with van der Waals surface area (Å²) >= 11 is 0. The lowest BCUT2D eigenvalue weighted by atomic mass is 10.1. The number of aryl methyl sites for hydroxylation is 2. The van der Waals surface area contributed by atoms with Crippen LogP contribution in [0.4, 0.5) is 11.9 Å². The molecular weight excluding hydrogens is 344 g/mol. The Morgan fingerprint density at radius 1 is 1.22 bits per heavy atom. The monoisotopic (exact) mass is 364 g/mol. The fraction of sp³-hybridized carbons (Fsp3) is 0.278. The molecule has 0 fully saturated rings. The van der Waals surface area contributed by atoms with E-state index in [9.17, 15) is 5.26 Å². The van der Waals surface area contributed by atoms with Crippen LogP contribution in [-0.4, -0.2) is 38.8 Å².